The number of nitrogens with zero attached hydrogens (tertiary/aromatic N) is 2. The number of aromatic amines is 1. The van der Waals surface area contributed by atoms with Crippen molar-refractivity contribution in [2.75, 3.05) is 27.2 Å². The summed E-state index contributed by atoms with van der Waals surface area (Å²) in [4.78, 5) is 19.3. The first-order valence-electron chi connectivity index (χ1n) is 7.33. The number of amides is 1. The maximum absolute atomic E-state index is 12.5. The molecule has 22 heavy (non-hydrogen) atoms. The van der Waals surface area contributed by atoms with Gasteiger partial charge in [0.25, 0.3) is 0 Å². The van der Waals surface area contributed by atoms with Crippen molar-refractivity contribution in [1.82, 2.24) is 14.8 Å². The lowest BCUT2D eigenvalue weighted by Gasteiger charge is -2.21. The molecule has 1 aliphatic rings. The van der Waals surface area contributed by atoms with E-state index in [1.807, 2.05) is 43.4 Å². The molecule has 2 N–H and O–H groups in total. The second kappa shape index (κ2) is 5.91. The Hall–Kier alpha value is -1.56. The van der Waals surface area contributed by atoms with Gasteiger partial charge in [-0.15, -0.1) is 0 Å². The van der Waals surface area contributed by atoms with E-state index >= 15 is 0 Å². The zero-order valence-corrected chi connectivity index (χ0v) is 13.5. The van der Waals surface area contributed by atoms with Crippen molar-refractivity contribution in [2.45, 2.75) is 18.6 Å². The fourth-order valence-corrected chi connectivity index (χ4v) is 3.23. The Morgan fingerprint density at radius 3 is 2.91 bits per heavy atom. The van der Waals surface area contributed by atoms with Gasteiger partial charge in [0.05, 0.1) is 18.6 Å². The number of hydrogen-bond donors (Lipinski definition) is 2. The third-order valence-corrected chi connectivity index (χ3v) is 4.58. The Morgan fingerprint density at radius 1 is 1.45 bits per heavy atom. The molecule has 1 aliphatic heterocycles. The molecule has 1 aromatic heterocycles. The summed E-state index contributed by atoms with van der Waals surface area (Å²) >= 11 is 5.97. The van der Waals surface area contributed by atoms with Crippen molar-refractivity contribution < 1.29 is 9.90 Å². The monoisotopic (exact) mass is 321 g/mol. The van der Waals surface area contributed by atoms with Gasteiger partial charge in [0, 0.05) is 35.2 Å². The van der Waals surface area contributed by atoms with Gasteiger partial charge in [0.15, 0.2) is 0 Å². The number of H-pyrrole nitrogens is 1. The zero-order chi connectivity index (χ0) is 15.9. The predicted molar refractivity (Wildman–Crippen MR) is 87.1 cm³/mol. The number of nitrogens with one attached hydrogen (secondary N) is 1. The van der Waals surface area contributed by atoms with Crippen LogP contribution in [0.3, 0.4) is 0 Å². The number of benzene rings is 1. The minimum absolute atomic E-state index is 0.00530. The molecule has 118 valence electrons. The molecule has 0 bridgehead atoms. The molecule has 3 rings (SSSR count). The van der Waals surface area contributed by atoms with Crippen molar-refractivity contribution >= 4 is 28.4 Å². The van der Waals surface area contributed by atoms with Crippen LogP contribution >= 0.6 is 11.6 Å². The van der Waals surface area contributed by atoms with E-state index in [1.165, 1.54) is 0 Å². The molecule has 2 heterocycles. The zero-order valence-electron chi connectivity index (χ0n) is 12.7. The van der Waals surface area contributed by atoms with Crippen LogP contribution in [0.5, 0.6) is 0 Å². The van der Waals surface area contributed by atoms with E-state index in [0.29, 0.717) is 24.5 Å². The fourth-order valence-electron chi connectivity index (χ4n) is 3.06. The van der Waals surface area contributed by atoms with Gasteiger partial charge in [0.2, 0.25) is 5.91 Å². The van der Waals surface area contributed by atoms with Gasteiger partial charge in [-0.05, 0) is 31.8 Å². The van der Waals surface area contributed by atoms with E-state index in [-0.39, 0.29) is 11.9 Å². The lowest BCUT2D eigenvalue weighted by atomic mass is 10.1. The van der Waals surface area contributed by atoms with Gasteiger partial charge in [0.1, 0.15) is 0 Å². The summed E-state index contributed by atoms with van der Waals surface area (Å²) in [5, 5.41) is 11.7. The van der Waals surface area contributed by atoms with Crippen LogP contribution in [0.1, 0.15) is 5.56 Å². The Bertz CT molecular complexity index is 698. The highest BCUT2D eigenvalue weighted by Crippen LogP contribution is 2.23. The first kappa shape index (κ1) is 15.3. The van der Waals surface area contributed by atoms with Crippen LogP contribution in [0, 0.1) is 0 Å². The lowest BCUT2D eigenvalue weighted by molar-refractivity contribution is -0.129. The third-order valence-electron chi connectivity index (χ3n) is 4.35. The summed E-state index contributed by atoms with van der Waals surface area (Å²) in [6.07, 6.45) is 1.70. The van der Waals surface area contributed by atoms with Gasteiger partial charge in [-0.3, -0.25) is 4.79 Å². The van der Waals surface area contributed by atoms with Crippen LogP contribution in [0.15, 0.2) is 24.4 Å². The molecule has 1 amide bonds. The van der Waals surface area contributed by atoms with E-state index in [1.54, 1.807) is 4.90 Å². The molecule has 2 aromatic rings. The van der Waals surface area contributed by atoms with Crippen molar-refractivity contribution in [3.05, 3.63) is 35.0 Å². The van der Waals surface area contributed by atoms with Gasteiger partial charge in [-0.2, -0.15) is 0 Å². The van der Waals surface area contributed by atoms with Crippen LogP contribution < -0.4 is 0 Å². The Kier molecular flexibility index (Phi) is 4.12. The van der Waals surface area contributed by atoms with Crippen molar-refractivity contribution in [1.29, 1.82) is 0 Å². The van der Waals surface area contributed by atoms with Crippen LogP contribution in [-0.4, -0.2) is 65.1 Å². The Labute approximate surface area is 134 Å². The molecular weight excluding hydrogens is 302 g/mol. The minimum atomic E-state index is -0.485. The van der Waals surface area contributed by atoms with E-state index in [9.17, 15) is 9.90 Å². The quantitative estimate of drug-likeness (QED) is 0.900. The smallest absolute Gasteiger partial charge is 0.227 e. The topological polar surface area (TPSA) is 59.6 Å². The van der Waals surface area contributed by atoms with E-state index < -0.39 is 6.10 Å². The SMILES string of the molecule is CN(C)[C@H]1CN(C(=O)Cc2c[nH]c3cc(Cl)ccc23)C[C@@H]1O. The molecular formula is C16H20ClN3O2. The number of aliphatic hydroxyl groups is 1. The summed E-state index contributed by atoms with van der Waals surface area (Å²) in [5.41, 5.74) is 1.89. The number of rotatable bonds is 3. The molecule has 1 fully saturated rings. The molecule has 6 heteroatoms. The van der Waals surface area contributed by atoms with Crippen LogP contribution in [-0.2, 0) is 11.2 Å². The van der Waals surface area contributed by atoms with Gasteiger partial charge in [-0.25, -0.2) is 0 Å². The highest BCUT2D eigenvalue weighted by atomic mass is 35.5. The number of carbonyl (C=O) groups is 1. The molecule has 5 nitrogen and oxygen atoms in total. The number of likely N-dealkylation sites (N-methyl/N-ethyl adjacent to an activating group) is 1. The minimum Gasteiger partial charge on any atom is -0.390 e. The molecule has 1 aromatic carbocycles. The number of β-amino-alcohol motifs (C(OH)–C–C–N with tert-alkyl or cyclic N) is 1. The maximum atomic E-state index is 12.5. The molecule has 0 spiro atoms. The maximum Gasteiger partial charge on any atom is 0.227 e. The van der Waals surface area contributed by atoms with Gasteiger partial charge < -0.3 is 19.9 Å². The van der Waals surface area contributed by atoms with Crippen LogP contribution in [0.4, 0.5) is 0 Å². The van der Waals surface area contributed by atoms with E-state index in [0.717, 1.165) is 16.5 Å². The highest BCUT2D eigenvalue weighted by molar-refractivity contribution is 6.31. The average molecular weight is 322 g/mol. The molecule has 0 radical (unpaired) electrons. The normalized spacial score (nSPS) is 22.0. The molecule has 0 aliphatic carbocycles. The van der Waals surface area contributed by atoms with Gasteiger partial charge in [-0.1, -0.05) is 17.7 Å². The molecule has 2 atom stereocenters. The number of aromatic nitrogens is 1. The highest BCUT2D eigenvalue weighted by Gasteiger charge is 2.35. The first-order valence-corrected chi connectivity index (χ1v) is 7.71. The third kappa shape index (κ3) is 2.84. The largest absolute Gasteiger partial charge is 0.390 e. The number of likely N-dealkylation sites (tertiary alicyclic amines) is 1. The second-order valence-electron chi connectivity index (χ2n) is 6.08. The number of carbonyl (C=O) groups excluding carboxylic acids is 1. The summed E-state index contributed by atoms with van der Waals surface area (Å²) in [5.74, 6) is 0.0410. The fraction of sp³-hybridized carbons (Fsp3) is 0.438. The first-order chi connectivity index (χ1) is 10.5. The van der Waals surface area contributed by atoms with Crippen molar-refractivity contribution in [2.24, 2.45) is 0 Å². The number of fused-ring (bicyclic) bond motifs is 1. The molecule has 0 unspecified atom stereocenters. The lowest BCUT2D eigenvalue weighted by Crippen LogP contribution is -2.38. The van der Waals surface area contributed by atoms with Gasteiger partial charge >= 0.3 is 0 Å². The van der Waals surface area contributed by atoms with Crippen molar-refractivity contribution in [3.63, 3.8) is 0 Å². The van der Waals surface area contributed by atoms with E-state index in [4.69, 9.17) is 11.6 Å². The van der Waals surface area contributed by atoms with Crippen LogP contribution in [0.2, 0.25) is 5.02 Å². The van der Waals surface area contributed by atoms with Crippen molar-refractivity contribution in [3.8, 4) is 0 Å². The number of halogens is 1. The van der Waals surface area contributed by atoms with Crippen LogP contribution in [0.25, 0.3) is 10.9 Å². The second-order valence-corrected chi connectivity index (χ2v) is 6.51. The standard InChI is InChI=1S/C16H20ClN3O2/c1-19(2)14-8-20(9-15(14)21)16(22)5-10-7-18-13-6-11(17)3-4-12(10)13/h3-4,6-7,14-15,18,21H,5,8-9H2,1-2H3/t14-,15-/m0/s1. The number of hydrogen-bond acceptors (Lipinski definition) is 3. The predicted octanol–water partition coefficient (Wildman–Crippen LogP) is 1.50. The number of aliphatic hydroxyl groups excluding tert-OH is 1. The molecule has 1 saturated heterocycles. The summed E-state index contributed by atoms with van der Waals surface area (Å²) in [6, 6.07) is 5.61. The summed E-state index contributed by atoms with van der Waals surface area (Å²) < 4.78 is 0. The van der Waals surface area contributed by atoms with E-state index in [2.05, 4.69) is 4.98 Å². The molecule has 0 saturated carbocycles. The summed E-state index contributed by atoms with van der Waals surface area (Å²) in [7, 11) is 3.84. The Balaban J connectivity index is 1.74. The Morgan fingerprint density at radius 2 is 2.23 bits per heavy atom. The average Bonchev–Trinajstić information content (AvgIpc) is 3.02. The summed E-state index contributed by atoms with van der Waals surface area (Å²) in [6.45, 7) is 0.969.